The summed E-state index contributed by atoms with van der Waals surface area (Å²) < 4.78 is 1.68. The molecule has 0 spiro atoms. The van der Waals surface area contributed by atoms with Crippen molar-refractivity contribution in [3.8, 4) is 6.07 Å². The van der Waals surface area contributed by atoms with E-state index in [1.807, 2.05) is 44.3 Å². The molecule has 0 radical (unpaired) electrons. The van der Waals surface area contributed by atoms with Crippen molar-refractivity contribution in [1.82, 2.24) is 14.8 Å². The predicted molar refractivity (Wildman–Crippen MR) is 77.7 cm³/mol. The molecule has 0 atom stereocenters. The molecule has 3 rings (SSSR count). The van der Waals surface area contributed by atoms with Gasteiger partial charge in [-0.15, -0.1) is 0 Å². The Morgan fingerprint density at radius 3 is 2.95 bits per heavy atom. The highest BCUT2D eigenvalue weighted by Gasteiger charge is 2.12. The van der Waals surface area contributed by atoms with Gasteiger partial charge in [-0.3, -0.25) is 9.67 Å². The van der Waals surface area contributed by atoms with E-state index in [4.69, 9.17) is 0 Å². The van der Waals surface area contributed by atoms with Crippen LogP contribution in [0, 0.1) is 18.3 Å². The fraction of sp³-hybridized carbons (Fsp3) is 0.133. The molecule has 0 amide bonds. The van der Waals surface area contributed by atoms with Crippen LogP contribution in [0.15, 0.2) is 36.5 Å². The Labute approximate surface area is 116 Å². The van der Waals surface area contributed by atoms with Crippen LogP contribution in [0.1, 0.15) is 11.3 Å². The van der Waals surface area contributed by atoms with E-state index in [0.717, 1.165) is 22.3 Å². The van der Waals surface area contributed by atoms with E-state index in [1.54, 1.807) is 10.9 Å². The van der Waals surface area contributed by atoms with E-state index in [-0.39, 0.29) is 0 Å². The van der Waals surface area contributed by atoms with Crippen molar-refractivity contribution < 1.29 is 0 Å². The number of aromatic nitrogens is 3. The number of nitrogens with zero attached hydrogens (tertiary/aromatic N) is 4. The van der Waals surface area contributed by atoms with Gasteiger partial charge in [0.1, 0.15) is 17.5 Å². The topological polar surface area (TPSA) is 66.5 Å². The Morgan fingerprint density at radius 2 is 2.15 bits per heavy atom. The number of fused-ring (bicyclic) bond motifs is 1. The van der Waals surface area contributed by atoms with Crippen molar-refractivity contribution in [3.05, 3.63) is 47.8 Å². The highest BCUT2D eigenvalue weighted by atomic mass is 15.3. The number of nitriles is 1. The minimum atomic E-state index is 0.568. The van der Waals surface area contributed by atoms with Gasteiger partial charge in [0.15, 0.2) is 0 Å². The van der Waals surface area contributed by atoms with Crippen molar-refractivity contribution in [1.29, 1.82) is 5.26 Å². The van der Waals surface area contributed by atoms with Gasteiger partial charge in [-0.1, -0.05) is 6.07 Å². The fourth-order valence-corrected chi connectivity index (χ4v) is 2.23. The molecule has 5 heteroatoms. The Bertz CT molecular complexity index is 826. The van der Waals surface area contributed by atoms with E-state index >= 15 is 0 Å². The summed E-state index contributed by atoms with van der Waals surface area (Å²) in [5.41, 5.74) is 3.14. The quantitative estimate of drug-likeness (QED) is 0.772. The third-order valence-corrected chi connectivity index (χ3v) is 3.20. The lowest BCUT2D eigenvalue weighted by molar-refractivity contribution is 0.765. The second kappa shape index (κ2) is 4.67. The lowest BCUT2D eigenvalue weighted by Crippen LogP contribution is -2.00. The Hall–Kier alpha value is -2.87. The maximum Gasteiger partial charge on any atom is 0.146 e. The molecular weight excluding hydrogens is 250 g/mol. The summed E-state index contributed by atoms with van der Waals surface area (Å²) in [6, 6.07) is 12.0. The smallest absolute Gasteiger partial charge is 0.146 e. The molecule has 0 saturated heterocycles. The summed E-state index contributed by atoms with van der Waals surface area (Å²) in [5.74, 6) is 0.702. The first-order chi connectivity index (χ1) is 9.69. The van der Waals surface area contributed by atoms with Crippen LogP contribution in [0.3, 0.4) is 0 Å². The van der Waals surface area contributed by atoms with Crippen LogP contribution in [0.2, 0.25) is 0 Å². The van der Waals surface area contributed by atoms with E-state index in [0.29, 0.717) is 11.4 Å². The fourth-order valence-electron chi connectivity index (χ4n) is 2.23. The van der Waals surface area contributed by atoms with Crippen LogP contribution < -0.4 is 5.32 Å². The van der Waals surface area contributed by atoms with E-state index < -0.39 is 0 Å². The highest BCUT2D eigenvalue weighted by molar-refractivity contribution is 5.83. The van der Waals surface area contributed by atoms with Gasteiger partial charge in [-0.25, -0.2) is 0 Å². The average Bonchev–Trinajstić information content (AvgIpc) is 2.72. The third-order valence-electron chi connectivity index (χ3n) is 3.20. The summed E-state index contributed by atoms with van der Waals surface area (Å²) in [6.07, 6.45) is 1.77. The summed E-state index contributed by atoms with van der Waals surface area (Å²) in [5, 5.41) is 17.8. The van der Waals surface area contributed by atoms with Gasteiger partial charge in [-0.2, -0.15) is 10.4 Å². The van der Waals surface area contributed by atoms with Crippen LogP contribution in [0.4, 0.5) is 11.5 Å². The van der Waals surface area contributed by atoms with Gasteiger partial charge in [0.25, 0.3) is 0 Å². The molecule has 0 bridgehead atoms. The predicted octanol–water partition coefficient (Wildman–Crippen LogP) is 2.89. The summed E-state index contributed by atoms with van der Waals surface area (Å²) >= 11 is 0. The molecule has 3 aromatic rings. The molecule has 20 heavy (non-hydrogen) atoms. The van der Waals surface area contributed by atoms with Crippen molar-refractivity contribution in [2.24, 2.45) is 7.05 Å². The van der Waals surface area contributed by atoms with Gasteiger partial charge < -0.3 is 5.32 Å². The molecule has 0 saturated carbocycles. The number of anilines is 2. The van der Waals surface area contributed by atoms with Crippen molar-refractivity contribution >= 4 is 22.4 Å². The van der Waals surface area contributed by atoms with Crippen molar-refractivity contribution in [3.63, 3.8) is 0 Å². The minimum absolute atomic E-state index is 0.568. The molecule has 0 fully saturated rings. The summed E-state index contributed by atoms with van der Waals surface area (Å²) in [4.78, 5) is 4.29. The van der Waals surface area contributed by atoms with E-state index in [9.17, 15) is 5.26 Å². The summed E-state index contributed by atoms with van der Waals surface area (Å²) in [6.45, 7) is 1.83. The standard InChI is InChI=1S/C15H13N5/c1-10-13(9-16)15(20(2)19-10)18-12-5-6-14-11(8-12)4-3-7-17-14/h3-8,18H,1-2H3. The normalized spacial score (nSPS) is 10.4. The van der Waals surface area contributed by atoms with Crippen LogP contribution in [-0.4, -0.2) is 14.8 Å². The van der Waals surface area contributed by atoms with Gasteiger partial charge in [-0.05, 0) is 31.2 Å². The van der Waals surface area contributed by atoms with Crippen molar-refractivity contribution in [2.45, 2.75) is 6.92 Å². The third kappa shape index (κ3) is 1.97. The number of rotatable bonds is 2. The lowest BCUT2D eigenvalue weighted by atomic mass is 10.2. The molecule has 0 unspecified atom stereocenters. The van der Waals surface area contributed by atoms with Crippen LogP contribution in [0.5, 0.6) is 0 Å². The largest absolute Gasteiger partial charge is 0.339 e. The molecule has 0 aliphatic rings. The Balaban J connectivity index is 2.04. The number of pyridine rings is 1. The number of benzene rings is 1. The first-order valence-electron chi connectivity index (χ1n) is 6.24. The number of nitrogens with one attached hydrogen (secondary N) is 1. The zero-order valence-corrected chi connectivity index (χ0v) is 11.3. The SMILES string of the molecule is Cc1nn(C)c(Nc2ccc3ncccc3c2)c1C#N. The van der Waals surface area contributed by atoms with E-state index in [2.05, 4.69) is 21.5 Å². The molecule has 0 aliphatic heterocycles. The first-order valence-corrected chi connectivity index (χ1v) is 6.24. The zero-order chi connectivity index (χ0) is 14.1. The van der Waals surface area contributed by atoms with Crippen molar-refractivity contribution in [2.75, 3.05) is 5.32 Å². The number of hydrogen-bond acceptors (Lipinski definition) is 4. The van der Waals surface area contributed by atoms with Crippen LogP contribution in [0.25, 0.3) is 10.9 Å². The van der Waals surface area contributed by atoms with Gasteiger partial charge in [0.05, 0.1) is 11.2 Å². The number of hydrogen-bond donors (Lipinski definition) is 1. The summed E-state index contributed by atoms with van der Waals surface area (Å²) in [7, 11) is 1.82. The van der Waals surface area contributed by atoms with Gasteiger partial charge in [0, 0.05) is 24.3 Å². The second-order valence-corrected chi connectivity index (χ2v) is 4.58. The monoisotopic (exact) mass is 263 g/mol. The highest BCUT2D eigenvalue weighted by Crippen LogP contribution is 2.24. The molecular formula is C15H13N5. The molecule has 98 valence electrons. The minimum Gasteiger partial charge on any atom is -0.339 e. The number of aryl methyl sites for hydroxylation is 2. The maximum atomic E-state index is 9.21. The van der Waals surface area contributed by atoms with Gasteiger partial charge >= 0.3 is 0 Å². The first kappa shape index (κ1) is 12.2. The average molecular weight is 263 g/mol. The lowest BCUT2D eigenvalue weighted by Gasteiger charge is -2.08. The van der Waals surface area contributed by atoms with Gasteiger partial charge in [0.2, 0.25) is 0 Å². The van der Waals surface area contributed by atoms with Crippen LogP contribution in [-0.2, 0) is 7.05 Å². The molecule has 0 aliphatic carbocycles. The van der Waals surface area contributed by atoms with Crippen LogP contribution >= 0.6 is 0 Å². The molecule has 1 N–H and O–H groups in total. The molecule has 2 aromatic heterocycles. The zero-order valence-electron chi connectivity index (χ0n) is 11.3. The maximum absolute atomic E-state index is 9.21. The Kier molecular flexibility index (Phi) is 2.84. The van der Waals surface area contributed by atoms with E-state index in [1.165, 1.54) is 0 Å². The molecule has 5 nitrogen and oxygen atoms in total. The molecule has 1 aromatic carbocycles. The second-order valence-electron chi connectivity index (χ2n) is 4.58. The Morgan fingerprint density at radius 1 is 1.30 bits per heavy atom. The molecule has 2 heterocycles.